The van der Waals surface area contributed by atoms with Crippen molar-refractivity contribution in [3.63, 3.8) is 0 Å². The zero-order chi connectivity index (χ0) is 22.0. The van der Waals surface area contributed by atoms with Crippen molar-refractivity contribution in [1.29, 1.82) is 0 Å². The van der Waals surface area contributed by atoms with Crippen LogP contribution in [0.2, 0.25) is 0 Å². The first kappa shape index (κ1) is 20.5. The van der Waals surface area contributed by atoms with E-state index >= 15 is 0 Å². The monoisotopic (exact) mass is 430 g/mol. The molecular formula is C20H17F3N6O2. The largest absolute Gasteiger partial charge is 0.416 e. The first-order valence-electron chi connectivity index (χ1n) is 9.40. The number of carbonyl (C=O) groups is 1. The van der Waals surface area contributed by atoms with E-state index < -0.39 is 17.8 Å². The fourth-order valence-electron chi connectivity index (χ4n) is 3.00. The summed E-state index contributed by atoms with van der Waals surface area (Å²) < 4.78 is 44.9. The molecule has 4 aromatic rings. The van der Waals surface area contributed by atoms with Gasteiger partial charge in [-0.15, -0.1) is 5.10 Å². The zero-order valence-electron chi connectivity index (χ0n) is 16.3. The molecule has 1 N–H and O–H groups in total. The molecule has 4 rings (SSSR count). The number of alkyl halides is 3. The Morgan fingerprint density at radius 1 is 1.16 bits per heavy atom. The number of nitrogens with zero attached hydrogens (tertiary/aromatic N) is 5. The smallest absolute Gasteiger partial charge is 0.345 e. The molecule has 2 aromatic heterocycles. The van der Waals surface area contributed by atoms with Crippen molar-refractivity contribution in [2.75, 3.05) is 0 Å². The van der Waals surface area contributed by atoms with Crippen LogP contribution in [0.3, 0.4) is 0 Å². The molecule has 0 aliphatic carbocycles. The van der Waals surface area contributed by atoms with Crippen LogP contribution in [0, 0.1) is 0 Å². The van der Waals surface area contributed by atoms with Gasteiger partial charge in [0.2, 0.25) is 17.6 Å². The number of nitrogens with one attached hydrogen (secondary N) is 1. The van der Waals surface area contributed by atoms with Crippen LogP contribution in [0.15, 0.2) is 53.1 Å². The van der Waals surface area contributed by atoms with E-state index in [2.05, 4.69) is 25.8 Å². The summed E-state index contributed by atoms with van der Waals surface area (Å²) in [7, 11) is 0. The summed E-state index contributed by atoms with van der Waals surface area (Å²) in [6, 6.07) is 11.3. The van der Waals surface area contributed by atoms with Gasteiger partial charge in [-0.3, -0.25) is 4.79 Å². The maximum Gasteiger partial charge on any atom is 0.416 e. The van der Waals surface area contributed by atoms with Gasteiger partial charge in [-0.1, -0.05) is 34.6 Å². The van der Waals surface area contributed by atoms with Crippen LogP contribution in [0.5, 0.6) is 0 Å². The number of halogens is 3. The number of benzene rings is 2. The van der Waals surface area contributed by atoms with Crippen LogP contribution < -0.4 is 5.32 Å². The predicted octanol–water partition coefficient (Wildman–Crippen LogP) is 3.77. The van der Waals surface area contributed by atoms with Gasteiger partial charge < -0.3 is 9.84 Å². The van der Waals surface area contributed by atoms with Gasteiger partial charge in [0.25, 0.3) is 0 Å². The van der Waals surface area contributed by atoms with Gasteiger partial charge in [0, 0.05) is 12.0 Å². The Bertz CT molecular complexity index is 1200. The molecule has 160 valence electrons. The van der Waals surface area contributed by atoms with E-state index in [9.17, 15) is 18.0 Å². The third-order valence-electron chi connectivity index (χ3n) is 4.63. The third-order valence-corrected chi connectivity index (χ3v) is 4.63. The maximum absolute atomic E-state index is 12.7. The number of para-hydroxylation sites is 1. The van der Waals surface area contributed by atoms with Gasteiger partial charge >= 0.3 is 6.18 Å². The molecule has 0 unspecified atom stereocenters. The minimum atomic E-state index is -4.42. The van der Waals surface area contributed by atoms with Gasteiger partial charge in [0.05, 0.1) is 17.6 Å². The van der Waals surface area contributed by atoms with Crippen molar-refractivity contribution >= 4 is 16.9 Å². The van der Waals surface area contributed by atoms with Crippen molar-refractivity contribution in [3.05, 3.63) is 60.0 Å². The maximum atomic E-state index is 12.7. The predicted molar refractivity (Wildman–Crippen MR) is 103 cm³/mol. The van der Waals surface area contributed by atoms with Gasteiger partial charge in [-0.05, 0) is 31.2 Å². The van der Waals surface area contributed by atoms with E-state index in [1.54, 1.807) is 11.6 Å². The van der Waals surface area contributed by atoms with E-state index in [4.69, 9.17) is 4.52 Å². The second kappa shape index (κ2) is 8.17. The van der Waals surface area contributed by atoms with Gasteiger partial charge in [-0.25, -0.2) is 4.68 Å². The Morgan fingerprint density at radius 2 is 1.90 bits per heavy atom. The molecule has 0 aliphatic heterocycles. The molecule has 11 heteroatoms. The third kappa shape index (κ3) is 4.55. The molecule has 31 heavy (non-hydrogen) atoms. The minimum Gasteiger partial charge on any atom is -0.345 e. The van der Waals surface area contributed by atoms with E-state index in [-0.39, 0.29) is 24.0 Å². The fraction of sp³-hybridized carbons (Fsp3) is 0.250. The molecular weight excluding hydrogens is 413 g/mol. The summed E-state index contributed by atoms with van der Waals surface area (Å²) in [5.41, 5.74) is 1.19. The molecule has 0 spiro atoms. The van der Waals surface area contributed by atoms with E-state index in [1.807, 2.05) is 24.3 Å². The van der Waals surface area contributed by atoms with Crippen molar-refractivity contribution < 1.29 is 22.5 Å². The lowest BCUT2D eigenvalue weighted by atomic mass is 10.1. The number of carbonyl (C=O) groups excluding carboxylic acids is 1. The highest BCUT2D eigenvalue weighted by atomic mass is 19.4. The summed E-state index contributed by atoms with van der Waals surface area (Å²) in [4.78, 5) is 16.5. The summed E-state index contributed by atoms with van der Waals surface area (Å²) in [5.74, 6) is 0.0368. The lowest BCUT2D eigenvalue weighted by Crippen LogP contribution is -2.27. The number of aryl methyl sites for hydroxylation is 1. The molecule has 0 radical (unpaired) electrons. The molecule has 0 saturated carbocycles. The molecule has 0 fully saturated rings. The van der Waals surface area contributed by atoms with Gasteiger partial charge in [-0.2, -0.15) is 18.2 Å². The molecule has 1 amide bonds. The Kier molecular flexibility index (Phi) is 5.40. The molecule has 0 aliphatic rings. The SMILES string of the molecule is C[C@H](NC(=O)CCn1nnc2ccccc21)c1nc(-c2ccc(C(F)(F)F)cc2)no1. The topological polar surface area (TPSA) is 98.7 Å². The number of rotatable bonds is 6. The number of amides is 1. The number of hydrogen-bond donors (Lipinski definition) is 1. The van der Waals surface area contributed by atoms with E-state index in [1.165, 1.54) is 12.1 Å². The molecule has 1 atom stereocenters. The highest BCUT2D eigenvalue weighted by Gasteiger charge is 2.30. The van der Waals surface area contributed by atoms with Crippen LogP contribution in [0.1, 0.15) is 30.8 Å². The second-order valence-electron chi connectivity index (χ2n) is 6.87. The molecule has 0 bridgehead atoms. The van der Waals surface area contributed by atoms with Gasteiger partial charge in [0.15, 0.2) is 0 Å². The molecule has 2 heterocycles. The number of aromatic nitrogens is 5. The van der Waals surface area contributed by atoms with Crippen molar-refractivity contribution in [2.45, 2.75) is 32.1 Å². The molecule has 2 aromatic carbocycles. The van der Waals surface area contributed by atoms with Crippen LogP contribution >= 0.6 is 0 Å². The average Bonchev–Trinajstić information content (AvgIpc) is 3.39. The number of hydrogen-bond acceptors (Lipinski definition) is 6. The van der Waals surface area contributed by atoms with Crippen molar-refractivity contribution in [2.24, 2.45) is 0 Å². The van der Waals surface area contributed by atoms with Crippen LogP contribution in [-0.2, 0) is 17.5 Å². The highest BCUT2D eigenvalue weighted by molar-refractivity contribution is 5.77. The Morgan fingerprint density at radius 3 is 2.65 bits per heavy atom. The molecule has 0 saturated heterocycles. The Hall–Kier alpha value is -3.76. The summed E-state index contributed by atoms with van der Waals surface area (Å²) >= 11 is 0. The van der Waals surface area contributed by atoms with Gasteiger partial charge in [0.1, 0.15) is 11.6 Å². The quantitative estimate of drug-likeness (QED) is 0.500. The summed E-state index contributed by atoms with van der Waals surface area (Å²) in [5, 5.41) is 14.6. The first-order chi connectivity index (χ1) is 14.8. The number of fused-ring (bicyclic) bond motifs is 1. The van der Waals surface area contributed by atoms with Crippen molar-refractivity contribution in [1.82, 2.24) is 30.5 Å². The average molecular weight is 430 g/mol. The second-order valence-corrected chi connectivity index (χ2v) is 6.87. The zero-order valence-corrected chi connectivity index (χ0v) is 16.3. The standard InChI is InChI=1S/C20H17F3N6O2/c1-12(24-17(30)10-11-29-16-5-3-2-4-15(16)26-28-29)19-25-18(27-31-19)13-6-8-14(9-7-13)20(21,22)23/h2-9,12H,10-11H2,1H3,(H,24,30)/t12-/m0/s1. The van der Waals surface area contributed by atoms with E-state index in [0.29, 0.717) is 12.1 Å². The summed E-state index contributed by atoms with van der Waals surface area (Å²) in [6.45, 7) is 2.02. The van der Waals surface area contributed by atoms with E-state index in [0.717, 1.165) is 23.2 Å². The fourth-order valence-corrected chi connectivity index (χ4v) is 3.00. The van der Waals surface area contributed by atoms with Crippen LogP contribution in [0.25, 0.3) is 22.4 Å². The first-order valence-corrected chi connectivity index (χ1v) is 9.40. The lowest BCUT2D eigenvalue weighted by molar-refractivity contribution is -0.137. The summed E-state index contributed by atoms with van der Waals surface area (Å²) in [6.07, 6.45) is -4.25. The molecule has 8 nitrogen and oxygen atoms in total. The Balaban J connectivity index is 1.36. The normalized spacial score (nSPS) is 12.8. The minimum absolute atomic E-state index is 0.138. The lowest BCUT2D eigenvalue weighted by Gasteiger charge is -2.09. The van der Waals surface area contributed by atoms with Crippen LogP contribution in [-0.4, -0.2) is 31.0 Å². The highest BCUT2D eigenvalue weighted by Crippen LogP contribution is 2.30. The van der Waals surface area contributed by atoms with Crippen molar-refractivity contribution in [3.8, 4) is 11.4 Å². The Labute approximate surface area is 174 Å². The van der Waals surface area contributed by atoms with Crippen LogP contribution in [0.4, 0.5) is 13.2 Å².